The Bertz CT molecular complexity index is 457. The SMILES string of the molecule is CCC(N)c1ccccc1OCc1ncon1. The highest BCUT2D eigenvalue weighted by molar-refractivity contribution is 5.35. The quantitative estimate of drug-likeness (QED) is 0.855. The fourth-order valence-corrected chi connectivity index (χ4v) is 1.54. The lowest BCUT2D eigenvalue weighted by atomic mass is 10.0. The molecule has 0 radical (unpaired) electrons. The van der Waals surface area contributed by atoms with E-state index in [0.29, 0.717) is 5.82 Å². The molecule has 2 rings (SSSR count). The Balaban J connectivity index is 2.09. The minimum absolute atomic E-state index is 0.0172. The average molecular weight is 233 g/mol. The third-order valence-corrected chi connectivity index (χ3v) is 2.52. The highest BCUT2D eigenvalue weighted by atomic mass is 16.5. The van der Waals surface area contributed by atoms with Crippen LogP contribution in [0.2, 0.25) is 0 Å². The molecule has 0 aliphatic rings. The molecular weight excluding hydrogens is 218 g/mol. The fourth-order valence-electron chi connectivity index (χ4n) is 1.54. The van der Waals surface area contributed by atoms with E-state index < -0.39 is 0 Å². The molecule has 2 N–H and O–H groups in total. The molecule has 0 bridgehead atoms. The number of hydrogen-bond acceptors (Lipinski definition) is 5. The normalized spacial score (nSPS) is 12.4. The Morgan fingerprint density at radius 1 is 1.41 bits per heavy atom. The summed E-state index contributed by atoms with van der Waals surface area (Å²) in [5.41, 5.74) is 7.01. The molecule has 0 aliphatic carbocycles. The molecule has 1 unspecified atom stereocenters. The first-order valence-electron chi connectivity index (χ1n) is 5.53. The van der Waals surface area contributed by atoms with Gasteiger partial charge in [0.1, 0.15) is 5.75 Å². The Hall–Kier alpha value is -1.88. The molecule has 90 valence electrons. The number of hydrogen-bond donors (Lipinski definition) is 1. The molecule has 0 saturated heterocycles. The van der Waals surface area contributed by atoms with Gasteiger partial charge in [0, 0.05) is 11.6 Å². The van der Waals surface area contributed by atoms with Gasteiger partial charge in [-0.1, -0.05) is 30.3 Å². The van der Waals surface area contributed by atoms with Gasteiger partial charge in [0.05, 0.1) is 0 Å². The number of rotatable bonds is 5. The van der Waals surface area contributed by atoms with Gasteiger partial charge in [0.2, 0.25) is 12.2 Å². The van der Waals surface area contributed by atoms with Gasteiger partial charge in [0.25, 0.3) is 0 Å². The summed E-state index contributed by atoms with van der Waals surface area (Å²) in [6.07, 6.45) is 2.14. The van der Waals surface area contributed by atoms with Crippen LogP contribution in [0, 0.1) is 0 Å². The molecule has 5 nitrogen and oxygen atoms in total. The Morgan fingerprint density at radius 2 is 2.24 bits per heavy atom. The molecule has 0 amide bonds. The van der Waals surface area contributed by atoms with Crippen LogP contribution in [0.25, 0.3) is 0 Å². The maximum absolute atomic E-state index is 6.01. The minimum atomic E-state index is -0.0172. The van der Waals surface area contributed by atoms with Crippen LogP contribution in [0.4, 0.5) is 0 Å². The highest BCUT2D eigenvalue weighted by Crippen LogP contribution is 2.25. The zero-order chi connectivity index (χ0) is 12.1. The Kier molecular flexibility index (Phi) is 3.72. The molecular formula is C12H15N3O2. The van der Waals surface area contributed by atoms with E-state index in [-0.39, 0.29) is 12.6 Å². The molecule has 17 heavy (non-hydrogen) atoms. The minimum Gasteiger partial charge on any atom is -0.485 e. The van der Waals surface area contributed by atoms with Crippen LogP contribution in [0.3, 0.4) is 0 Å². The van der Waals surface area contributed by atoms with Crippen molar-refractivity contribution in [2.75, 3.05) is 0 Å². The highest BCUT2D eigenvalue weighted by Gasteiger charge is 2.10. The third-order valence-electron chi connectivity index (χ3n) is 2.52. The van der Waals surface area contributed by atoms with Gasteiger partial charge in [-0.25, -0.2) is 0 Å². The summed E-state index contributed by atoms with van der Waals surface area (Å²) in [5.74, 6) is 1.29. The second kappa shape index (κ2) is 5.45. The van der Waals surface area contributed by atoms with Crippen molar-refractivity contribution in [3.63, 3.8) is 0 Å². The van der Waals surface area contributed by atoms with E-state index in [4.69, 9.17) is 10.5 Å². The van der Waals surface area contributed by atoms with Crippen molar-refractivity contribution in [3.8, 4) is 5.75 Å². The number of nitrogens with zero attached hydrogens (tertiary/aromatic N) is 2. The summed E-state index contributed by atoms with van der Waals surface area (Å²) in [4.78, 5) is 3.89. The lowest BCUT2D eigenvalue weighted by Crippen LogP contribution is -2.11. The predicted molar refractivity (Wildman–Crippen MR) is 62.3 cm³/mol. The van der Waals surface area contributed by atoms with Crippen LogP contribution in [-0.2, 0) is 6.61 Å². The first-order valence-corrected chi connectivity index (χ1v) is 5.53. The Labute approximate surface area is 99.6 Å². The lowest BCUT2D eigenvalue weighted by molar-refractivity contribution is 0.282. The molecule has 0 fully saturated rings. The number of para-hydroxylation sites is 1. The number of benzene rings is 1. The van der Waals surface area contributed by atoms with Crippen LogP contribution in [-0.4, -0.2) is 10.1 Å². The van der Waals surface area contributed by atoms with Crippen molar-refractivity contribution < 1.29 is 9.26 Å². The van der Waals surface area contributed by atoms with Crippen molar-refractivity contribution in [3.05, 3.63) is 42.0 Å². The topological polar surface area (TPSA) is 74.2 Å². The zero-order valence-electron chi connectivity index (χ0n) is 9.67. The van der Waals surface area contributed by atoms with Gasteiger partial charge in [0.15, 0.2) is 6.61 Å². The van der Waals surface area contributed by atoms with Gasteiger partial charge in [-0.05, 0) is 12.5 Å². The summed E-state index contributed by atoms with van der Waals surface area (Å²) in [5, 5.41) is 3.68. The molecule has 1 atom stereocenters. The number of aromatic nitrogens is 2. The van der Waals surface area contributed by atoms with Crippen LogP contribution >= 0.6 is 0 Å². The largest absolute Gasteiger partial charge is 0.485 e. The van der Waals surface area contributed by atoms with Crippen LogP contribution < -0.4 is 10.5 Å². The van der Waals surface area contributed by atoms with Crippen LogP contribution in [0.15, 0.2) is 35.2 Å². The summed E-state index contributed by atoms with van der Waals surface area (Å²) in [6, 6.07) is 7.71. The third kappa shape index (κ3) is 2.82. The van der Waals surface area contributed by atoms with Crippen molar-refractivity contribution in [1.82, 2.24) is 10.1 Å². The molecule has 5 heteroatoms. The average Bonchev–Trinajstić information content (AvgIpc) is 2.89. The first-order chi connectivity index (χ1) is 8.31. The monoisotopic (exact) mass is 233 g/mol. The molecule has 0 aliphatic heterocycles. The number of nitrogens with two attached hydrogens (primary N) is 1. The predicted octanol–water partition coefficient (Wildman–Crippen LogP) is 2.06. The van der Waals surface area contributed by atoms with E-state index in [1.807, 2.05) is 31.2 Å². The van der Waals surface area contributed by atoms with E-state index in [1.165, 1.54) is 6.39 Å². The lowest BCUT2D eigenvalue weighted by Gasteiger charge is -2.14. The van der Waals surface area contributed by atoms with Crippen LogP contribution in [0.5, 0.6) is 5.75 Å². The van der Waals surface area contributed by atoms with Crippen LogP contribution in [0.1, 0.15) is 30.8 Å². The molecule has 0 saturated carbocycles. The van der Waals surface area contributed by atoms with E-state index >= 15 is 0 Å². The molecule has 1 heterocycles. The van der Waals surface area contributed by atoms with Gasteiger partial charge in [-0.2, -0.15) is 4.98 Å². The molecule has 2 aromatic rings. The van der Waals surface area contributed by atoms with E-state index in [2.05, 4.69) is 14.7 Å². The Morgan fingerprint density at radius 3 is 2.94 bits per heavy atom. The van der Waals surface area contributed by atoms with Gasteiger partial charge in [-0.3, -0.25) is 0 Å². The van der Waals surface area contributed by atoms with E-state index in [1.54, 1.807) is 0 Å². The molecule has 1 aromatic carbocycles. The van der Waals surface area contributed by atoms with Crippen molar-refractivity contribution in [2.45, 2.75) is 26.0 Å². The van der Waals surface area contributed by atoms with Crippen molar-refractivity contribution in [2.24, 2.45) is 5.73 Å². The maximum Gasteiger partial charge on any atom is 0.213 e. The van der Waals surface area contributed by atoms with E-state index in [0.717, 1.165) is 17.7 Å². The summed E-state index contributed by atoms with van der Waals surface area (Å²) in [6.45, 7) is 2.32. The van der Waals surface area contributed by atoms with Gasteiger partial charge < -0.3 is 15.0 Å². The van der Waals surface area contributed by atoms with Crippen molar-refractivity contribution in [1.29, 1.82) is 0 Å². The molecule has 0 spiro atoms. The summed E-state index contributed by atoms with van der Waals surface area (Å²) >= 11 is 0. The van der Waals surface area contributed by atoms with Gasteiger partial charge in [-0.15, -0.1) is 0 Å². The number of ether oxygens (including phenoxy) is 1. The second-order valence-electron chi connectivity index (χ2n) is 3.69. The fraction of sp³-hybridized carbons (Fsp3) is 0.333. The summed E-state index contributed by atoms with van der Waals surface area (Å²) in [7, 11) is 0. The first kappa shape index (κ1) is 11.6. The molecule has 1 aromatic heterocycles. The smallest absolute Gasteiger partial charge is 0.213 e. The maximum atomic E-state index is 6.01. The van der Waals surface area contributed by atoms with E-state index in [9.17, 15) is 0 Å². The standard InChI is InChI=1S/C12H15N3O2/c1-2-10(13)9-5-3-4-6-11(9)16-7-12-14-8-17-15-12/h3-6,8,10H,2,7,13H2,1H3. The second-order valence-corrected chi connectivity index (χ2v) is 3.69. The summed E-state index contributed by atoms with van der Waals surface area (Å²) < 4.78 is 10.3. The van der Waals surface area contributed by atoms with Crippen molar-refractivity contribution >= 4 is 0 Å². The van der Waals surface area contributed by atoms with Gasteiger partial charge >= 0.3 is 0 Å². The zero-order valence-corrected chi connectivity index (χ0v) is 9.67.